The Kier molecular flexibility index (Phi) is 4.43. The number of halogens is 2. The van der Waals surface area contributed by atoms with E-state index in [1.165, 1.54) is 28.9 Å². The molecule has 1 aromatic heterocycles. The molecular formula is C20H18F2N4O. The van der Waals surface area contributed by atoms with Crippen LogP contribution >= 0.6 is 0 Å². The highest BCUT2D eigenvalue weighted by molar-refractivity contribution is 5.93. The van der Waals surface area contributed by atoms with Crippen molar-refractivity contribution in [3.05, 3.63) is 77.1 Å². The van der Waals surface area contributed by atoms with Crippen molar-refractivity contribution in [3.8, 4) is 5.69 Å². The predicted molar refractivity (Wildman–Crippen MR) is 95.3 cm³/mol. The minimum atomic E-state index is -0.341. The zero-order valence-corrected chi connectivity index (χ0v) is 14.8. The van der Waals surface area contributed by atoms with Gasteiger partial charge in [-0.15, -0.1) is 5.10 Å². The van der Waals surface area contributed by atoms with E-state index >= 15 is 0 Å². The standard InChI is InChI=1S/C20H18F2N4O/c1-13-19(23-24-26(13)18-8-6-16(22)7-9-18)20(27)25(17-10-11-17)12-14-2-4-15(21)5-3-14/h2-9,17H,10-12H2,1H3. The molecule has 0 aliphatic heterocycles. The van der Waals surface area contributed by atoms with E-state index in [0.717, 1.165) is 18.4 Å². The molecule has 1 aliphatic carbocycles. The molecule has 1 fully saturated rings. The van der Waals surface area contributed by atoms with Gasteiger partial charge in [0.2, 0.25) is 0 Å². The summed E-state index contributed by atoms with van der Waals surface area (Å²) in [5, 5.41) is 8.13. The summed E-state index contributed by atoms with van der Waals surface area (Å²) in [7, 11) is 0. The van der Waals surface area contributed by atoms with Gasteiger partial charge in [-0.3, -0.25) is 4.79 Å². The lowest BCUT2D eigenvalue weighted by molar-refractivity contribution is 0.0723. The van der Waals surface area contributed by atoms with Gasteiger partial charge in [-0.05, 0) is 61.7 Å². The molecule has 0 unspecified atom stereocenters. The number of hydrogen-bond acceptors (Lipinski definition) is 3. The van der Waals surface area contributed by atoms with Crippen molar-refractivity contribution in [2.75, 3.05) is 0 Å². The Morgan fingerprint density at radius 2 is 1.67 bits per heavy atom. The van der Waals surface area contributed by atoms with Crippen LogP contribution in [-0.2, 0) is 6.54 Å². The van der Waals surface area contributed by atoms with Crippen LogP contribution in [0, 0.1) is 18.6 Å². The average Bonchev–Trinajstić information content (AvgIpc) is 3.43. The molecule has 0 atom stereocenters. The molecule has 5 nitrogen and oxygen atoms in total. The highest BCUT2D eigenvalue weighted by Crippen LogP contribution is 2.30. The third kappa shape index (κ3) is 3.58. The Morgan fingerprint density at radius 3 is 2.26 bits per heavy atom. The van der Waals surface area contributed by atoms with Gasteiger partial charge < -0.3 is 4.90 Å². The maximum Gasteiger partial charge on any atom is 0.276 e. The highest BCUT2D eigenvalue weighted by Gasteiger charge is 2.35. The third-order valence-electron chi connectivity index (χ3n) is 4.68. The summed E-state index contributed by atoms with van der Waals surface area (Å²) in [6.07, 6.45) is 1.89. The van der Waals surface area contributed by atoms with Crippen molar-refractivity contribution in [1.29, 1.82) is 0 Å². The van der Waals surface area contributed by atoms with Gasteiger partial charge in [0.25, 0.3) is 5.91 Å². The first-order valence-corrected chi connectivity index (χ1v) is 8.76. The van der Waals surface area contributed by atoms with Crippen molar-refractivity contribution in [3.63, 3.8) is 0 Å². The van der Waals surface area contributed by atoms with Gasteiger partial charge in [0.15, 0.2) is 5.69 Å². The van der Waals surface area contributed by atoms with Crippen molar-refractivity contribution in [2.24, 2.45) is 0 Å². The maximum atomic E-state index is 13.1. The number of amides is 1. The smallest absolute Gasteiger partial charge is 0.276 e. The van der Waals surface area contributed by atoms with E-state index in [1.807, 2.05) is 0 Å². The van der Waals surface area contributed by atoms with Crippen LogP contribution in [0.2, 0.25) is 0 Å². The summed E-state index contributed by atoms with van der Waals surface area (Å²) in [4.78, 5) is 14.9. The molecule has 27 heavy (non-hydrogen) atoms. The summed E-state index contributed by atoms with van der Waals surface area (Å²) in [5.41, 5.74) is 2.36. The summed E-state index contributed by atoms with van der Waals surface area (Å²) in [6.45, 7) is 2.16. The second-order valence-corrected chi connectivity index (χ2v) is 6.70. The fourth-order valence-electron chi connectivity index (χ4n) is 3.03. The van der Waals surface area contributed by atoms with Gasteiger partial charge in [-0.2, -0.15) is 0 Å². The summed E-state index contributed by atoms with van der Waals surface area (Å²) < 4.78 is 27.8. The Hall–Kier alpha value is -3.09. The van der Waals surface area contributed by atoms with Gasteiger partial charge in [0.1, 0.15) is 11.6 Å². The van der Waals surface area contributed by atoms with Crippen LogP contribution in [0.4, 0.5) is 8.78 Å². The Balaban J connectivity index is 1.60. The van der Waals surface area contributed by atoms with Crippen molar-refractivity contribution >= 4 is 5.91 Å². The Labute approximate surface area is 155 Å². The normalized spacial score (nSPS) is 13.6. The zero-order chi connectivity index (χ0) is 19.0. The van der Waals surface area contributed by atoms with Gasteiger partial charge in [0.05, 0.1) is 11.4 Å². The molecule has 2 aromatic carbocycles. The van der Waals surface area contributed by atoms with E-state index in [9.17, 15) is 13.6 Å². The van der Waals surface area contributed by atoms with Gasteiger partial charge in [-0.1, -0.05) is 17.3 Å². The minimum absolute atomic E-state index is 0.165. The lowest BCUT2D eigenvalue weighted by atomic mass is 10.2. The molecule has 1 saturated carbocycles. The van der Waals surface area contributed by atoms with E-state index in [1.54, 1.807) is 36.1 Å². The number of carbonyl (C=O) groups is 1. The van der Waals surface area contributed by atoms with Crippen molar-refractivity contribution in [2.45, 2.75) is 32.4 Å². The molecule has 1 aliphatic rings. The summed E-state index contributed by atoms with van der Waals surface area (Å²) >= 11 is 0. The largest absolute Gasteiger partial charge is 0.330 e. The minimum Gasteiger partial charge on any atom is -0.330 e. The Bertz CT molecular complexity index is 963. The highest BCUT2D eigenvalue weighted by atomic mass is 19.1. The molecule has 0 N–H and O–H groups in total. The number of benzene rings is 2. The number of hydrogen-bond donors (Lipinski definition) is 0. The van der Waals surface area contributed by atoms with Crippen LogP contribution in [0.5, 0.6) is 0 Å². The third-order valence-corrected chi connectivity index (χ3v) is 4.68. The predicted octanol–water partition coefficient (Wildman–Crippen LogP) is 3.66. The Morgan fingerprint density at radius 1 is 1.07 bits per heavy atom. The number of aromatic nitrogens is 3. The molecule has 0 saturated heterocycles. The first-order valence-electron chi connectivity index (χ1n) is 8.76. The maximum absolute atomic E-state index is 13.1. The molecule has 0 bridgehead atoms. The quantitative estimate of drug-likeness (QED) is 0.691. The van der Waals surface area contributed by atoms with Crippen molar-refractivity contribution in [1.82, 2.24) is 19.9 Å². The van der Waals surface area contributed by atoms with E-state index in [-0.39, 0.29) is 29.3 Å². The lowest BCUT2D eigenvalue weighted by Gasteiger charge is -2.21. The number of carbonyl (C=O) groups excluding carboxylic acids is 1. The van der Waals surface area contributed by atoms with Crippen LogP contribution < -0.4 is 0 Å². The van der Waals surface area contributed by atoms with Crippen LogP contribution in [-0.4, -0.2) is 31.8 Å². The molecular weight excluding hydrogens is 350 g/mol. The van der Waals surface area contributed by atoms with Gasteiger partial charge in [0, 0.05) is 12.6 Å². The van der Waals surface area contributed by atoms with Gasteiger partial charge >= 0.3 is 0 Å². The van der Waals surface area contributed by atoms with Crippen molar-refractivity contribution < 1.29 is 13.6 Å². The summed E-state index contributed by atoms with van der Waals surface area (Å²) in [6, 6.07) is 12.2. The number of nitrogens with zero attached hydrogens (tertiary/aromatic N) is 4. The molecule has 7 heteroatoms. The van der Waals surface area contributed by atoms with Gasteiger partial charge in [-0.25, -0.2) is 13.5 Å². The molecule has 0 spiro atoms. The van der Waals surface area contributed by atoms with Crippen LogP contribution in [0.3, 0.4) is 0 Å². The summed E-state index contributed by atoms with van der Waals surface area (Å²) in [5.74, 6) is -0.846. The topological polar surface area (TPSA) is 51.0 Å². The van der Waals surface area contributed by atoms with E-state index < -0.39 is 0 Å². The average molecular weight is 368 g/mol. The lowest BCUT2D eigenvalue weighted by Crippen LogP contribution is -2.33. The molecule has 138 valence electrons. The molecule has 1 amide bonds. The monoisotopic (exact) mass is 368 g/mol. The van der Waals surface area contributed by atoms with E-state index in [0.29, 0.717) is 17.9 Å². The second-order valence-electron chi connectivity index (χ2n) is 6.70. The van der Waals surface area contributed by atoms with Crippen LogP contribution in [0.1, 0.15) is 34.6 Å². The molecule has 0 radical (unpaired) electrons. The molecule has 4 rings (SSSR count). The fourth-order valence-corrected chi connectivity index (χ4v) is 3.03. The molecule has 1 heterocycles. The second kappa shape index (κ2) is 6.90. The number of rotatable bonds is 5. The fraction of sp³-hybridized carbons (Fsp3) is 0.250. The molecule has 3 aromatic rings. The first kappa shape index (κ1) is 17.3. The zero-order valence-electron chi connectivity index (χ0n) is 14.8. The van der Waals surface area contributed by atoms with E-state index in [2.05, 4.69) is 10.3 Å². The SMILES string of the molecule is Cc1c(C(=O)N(Cc2ccc(F)cc2)C2CC2)nnn1-c1ccc(F)cc1. The van der Waals surface area contributed by atoms with E-state index in [4.69, 9.17) is 0 Å². The van der Waals surface area contributed by atoms with Crippen LogP contribution in [0.15, 0.2) is 48.5 Å². The van der Waals surface area contributed by atoms with Crippen LogP contribution in [0.25, 0.3) is 5.69 Å². The first-order chi connectivity index (χ1) is 13.0.